The number of carbonyl (C=O) groups is 1. The van der Waals surface area contributed by atoms with E-state index in [4.69, 9.17) is 22.1 Å². The lowest BCUT2D eigenvalue weighted by molar-refractivity contribution is 0.103. The third kappa shape index (κ3) is 2.49. The van der Waals surface area contributed by atoms with Gasteiger partial charge in [-0.05, 0) is 31.2 Å². The van der Waals surface area contributed by atoms with E-state index in [1.54, 1.807) is 30.3 Å². The fraction of sp³-hybridized carbons (Fsp3) is 0.154. The molecule has 0 aliphatic heterocycles. The van der Waals surface area contributed by atoms with Crippen LogP contribution in [0.15, 0.2) is 30.3 Å². The Morgan fingerprint density at radius 2 is 2.17 bits per heavy atom. The van der Waals surface area contributed by atoms with E-state index in [2.05, 4.69) is 0 Å². The highest BCUT2D eigenvalue weighted by Gasteiger charge is 2.18. The van der Waals surface area contributed by atoms with Gasteiger partial charge in [-0.2, -0.15) is 0 Å². The Kier molecular flexibility index (Phi) is 3.89. The second-order valence-corrected chi connectivity index (χ2v) is 5.30. The Labute approximate surface area is 114 Å². The first kappa shape index (κ1) is 12.9. The number of ether oxygens (including phenoxy) is 1. The summed E-state index contributed by atoms with van der Waals surface area (Å²) >= 11 is 7.08. The number of nitrogens with two attached hydrogens (primary N) is 1. The number of thiophene rings is 1. The molecule has 0 fully saturated rings. The summed E-state index contributed by atoms with van der Waals surface area (Å²) in [7, 11) is 0. The monoisotopic (exact) mass is 281 g/mol. The zero-order valence-corrected chi connectivity index (χ0v) is 11.3. The van der Waals surface area contributed by atoms with Crippen molar-refractivity contribution < 1.29 is 9.53 Å². The zero-order chi connectivity index (χ0) is 13.1. The molecule has 0 unspecified atom stereocenters. The van der Waals surface area contributed by atoms with Gasteiger partial charge in [-0.15, -0.1) is 11.3 Å². The molecule has 2 rings (SSSR count). The lowest BCUT2D eigenvalue weighted by Gasteiger charge is -2.11. The molecule has 0 aliphatic rings. The minimum absolute atomic E-state index is 0.123. The van der Waals surface area contributed by atoms with Gasteiger partial charge in [0.1, 0.15) is 0 Å². The topological polar surface area (TPSA) is 52.3 Å². The highest BCUT2D eigenvalue weighted by molar-refractivity contribution is 7.18. The van der Waals surface area contributed by atoms with Gasteiger partial charge in [-0.25, -0.2) is 0 Å². The summed E-state index contributed by atoms with van der Waals surface area (Å²) in [5.74, 6) is 0.317. The number of hydrogen-bond acceptors (Lipinski definition) is 4. The Hall–Kier alpha value is -1.52. The smallest absolute Gasteiger partial charge is 0.206 e. The quantitative estimate of drug-likeness (QED) is 0.688. The number of anilines is 1. The van der Waals surface area contributed by atoms with Crippen LogP contribution in [0.25, 0.3) is 0 Å². The van der Waals surface area contributed by atoms with Crippen molar-refractivity contribution in [3.63, 3.8) is 0 Å². The second kappa shape index (κ2) is 5.42. The summed E-state index contributed by atoms with van der Waals surface area (Å²) in [5.41, 5.74) is 6.76. The van der Waals surface area contributed by atoms with Crippen molar-refractivity contribution in [1.29, 1.82) is 0 Å². The van der Waals surface area contributed by atoms with Gasteiger partial charge < -0.3 is 10.5 Å². The number of carbonyl (C=O) groups excluding carboxylic acids is 1. The van der Waals surface area contributed by atoms with E-state index in [9.17, 15) is 4.79 Å². The minimum atomic E-state index is -0.123. The molecule has 2 aromatic rings. The van der Waals surface area contributed by atoms with Gasteiger partial charge in [0.05, 0.1) is 27.1 Å². The SMILES string of the molecule is CCOc1c(N)cccc1C(=O)c1ccc(Cl)s1. The summed E-state index contributed by atoms with van der Waals surface area (Å²) in [6.45, 7) is 2.31. The van der Waals surface area contributed by atoms with Crippen molar-refractivity contribution >= 4 is 34.4 Å². The molecule has 1 aromatic carbocycles. The van der Waals surface area contributed by atoms with Crippen molar-refractivity contribution in [1.82, 2.24) is 0 Å². The molecule has 0 spiro atoms. The van der Waals surface area contributed by atoms with E-state index in [0.29, 0.717) is 32.8 Å². The average Bonchev–Trinajstić information content (AvgIpc) is 2.78. The molecule has 0 bridgehead atoms. The Balaban J connectivity index is 2.44. The Bertz CT molecular complexity index is 580. The van der Waals surface area contributed by atoms with Crippen molar-refractivity contribution in [3.8, 4) is 5.75 Å². The molecule has 0 saturated heterocycles. The van der Waals surface area contributed by atoms with Crippen LogP contribution in [0.3, 0.4) is 0 Å². The molecule has 94 valence electrons. The maximum Gasteiger partial charge on any atom is 0.206 e. The highest BCUT2D eigenvalue weighted by Crippen LogP contribution is 2.31. The molecule has 0 saturated carbocycles. The van der Waals surface area contributed by atoms with Crippen LogP contribution < -0.4 is 10.5 Å². The van der Waals surface area contributed by atoms with Crippen LogP contribution in [0.4, 0.5) is 5.69 Å². The standard InChI is InChI=1S/C13H12ClNO2S/c1-2-17-13-8(4-3-5-9(13)15)12(16)10-6-7-11(14)18-10/h3-7H,2,15H2,1H3. The molecule has 1 aromatic heterocycles. The van der Waals surface area contributed by atoms with Crippen molar-refractivity contribution in [2.24, 2.45) is 0 Å². The maximum absolute atomic E-state index is 12.3. The van der Waals surface area contributed by atoms with Crippen LogP contribution in [0.5, 0.6) is 5.75 Å². The molecule has 5 heteroatoms. The van der Waals surface area contributed by atoms with E-state index in [1.165, 1.54) is 11.3 Å². The van der Waals surface area contributed by atoms with Gasteiger partial charge in [0.2, 0.25) is 5.78 Å². The highest BCUT2D eigenvalue weighted by atomic mass is 35.5. The molecule has 0 amide bonds. The third-order valence-electron chi connectivity index (χ3n) is 2.38. The molecule has 1 heterocycles. The molecule has 0 radical (unpaired) electrons. The first-order chi connectivity index (χ1) is 8.63. The third-order valence-corrected chi connectivity index (χ3v) is 3.61. The number of nitrogen functional groups attached to an aromatic ring is 1. The first-order valence-corrected chi connectivity index (χ1v) is 6.64. The molecular weight excluding hydrogens is 270 g/mol. The summed E-state index contributed by atoms with van der Waals surface area (Å²) in [5, 5.41) is 0. The largest absolute Gasteiger partial charge is 0.491 e. The van der Waals surface area contributed by atoms with Gasteiger partial charge >= 0.3 is 0 Å². The zero-order valence-electron chi connectivity index (χ0n) is 9.77. The normalized spacial score (nSPS) is 10.3. The Morgan fingerprint density at radius 1 is 1.39 bits per heavy atom. The van der Waals surface area contributed by atoms with Gasteiger partial charge in [0.25, 0.3) is 0 Å². The molecule has 2 N–H and O–H groups in total. The van der Waals surface area contributed by atoms with Gasteiger partial charge in [-0.1, -0.05) is 17.7 Å². The van der Waals surface area contributed by atoms with Crippen LogP contribution in [0, 0.1) is 0 Å². The molecular formula is C13H12ClNO2S. The lowest BCUT2D eigenvalue weighted by atomic mass is 10.1. The number of ketones is 1. The van der Waals surface area contributed by atoms with Crippen LogP contribution in [-0.2, 0) is 0 Å². The summed E-state index contributed by atoms with van der Waals surface area (Å²) < 4.78 is 6.03. The summed E-state index contributed by atoms with van der Waals surface area (Å²) in [4.78, 5) is 12.9. The molecule has 0 aliphatic carbocycles. The molecule has 0 atom stereocenters. The second-order valence-electron chi connectivity index (χ2n) is 3.59. The van der Waals surface area contributed by atoms with E-state index in [-0.39, 0.29) is 5.78 Å². The predicted molar refractivity (Wildman–Crippen MR) is 74.8 cm³/mol. The minimum Gasteiger partial charge on any atom is -0.491 e. The van der Waals surface area contributed by atoms with Crippen molar-refractivity contribution in [2.45, 2.75) is 6.92 Å². The number of hydrogen-bond donors (Lipinski definition) is 1. The van der Waals surface area contributed by atoms with Crippen LogP contribution in [-0.4, -0.2) is 12.4 Å². The average molecular weight is 282 g/mol. The van der Waals surface area contributed by atoms with E-state index >= 15 is 0 Å². The first-order valence-electron chi connectivity index (χ1n) is 5.44. The number of rotatable bonds is 4. The van der Waals surface area contributed by atoms with E-state index in [1.807, 2.05) is 6.92 Å². The fourth-order valence-electron chi connectivity index (χ4n) is 1.61. The Morgan fingerprint density at radius 3 is 2.78 bits per heavy atom. The van der Waals surface area contributed by atoms with E-state index in [0.717, 1.165) is 0 Å². The number of benzene rings is 1. The number of para-hydroxylation sites is 1. The molecule has 18 heavy (non-hydrogen) atoms. The fourth-order valence-corrected chi connectivity index (χ4v) is 2.61. The van der Waals surface area contributed by atoms with Gasteiger partial charge in [-0.3, -0.25) is 4.79 Å². The lowest BCUT2D eigenvalue weighted by Crippen LogP contribution is -2.06. The van der Waals surface area contributed by atoms with Gasteiger partial charge in [0, 0.05) is 0 Å². The predicted octanol–water partition coefficient (Wildman–Crippen LogP) is 3.61. The summed E-state index contributed by atoms with van der Waals surface area (Å²) in [6, 6.07) is 8.56. The van der Waals surface area contributed by atoms with Crippen LogP contribution >= 0.6 is 22.9 Å². The van der Waals surface area contributed by atoms with Crippen LogP contribution in [0.1, 0.15) is 22.2 Å². The van der Waals surface area contributed by atoms with Crippen molar-refractivity contribution in [3.05, 3.63) is 45.1 Å². The van der Waals surface area contributed by atoms with Crippen molar-refractivity contribution in [2.75, 3.05) is 12.3 Å². The van der Waals surface area contributed by atoms with Gasteiger partial charge in [0.15, 0.2) is 5.75 Å². The molecule has 3 nitrogen and oxygen atoms in total. The maximum atomic E-state index is 12.3. The summed E-state index contributed by atoms with van der Waals surface area (Å²) in [6.07, 6.45) is 0. The van der Waals surface area contributed by atoms with Crippen LogP contribution in [0.2, 0.25) is 4.34 Å². The van der Waals surface area contributed by atoms with E-state index < -0.39 is 0 Å². The number of halogens is 1.